The SMILES string of the molecule is Cc1ccc(C(=O)NCCNC(=O)c2cc3ccccc3oc2=O)cc1F. The predicted octanol–water partition coefficient (Wildman–Crippen LogP) is 2.40. The van der Waals surface area contributed by atoms with Gasteiger partial charge in [0, 0.05) is 24.0 Å². The van der Waals surface area contributed by atoms with Crippen LogP contribution < -0.4 is 16.3 Å². The number of carbonyl (C=O) groups excluding carboxylic acids is 2. The summed E-state index contributed by atoms with van der Waals surface area (Å²) in [5, 5.41) is 5.75. The first-order valence-corrected chi connectivity index (χ1v) is 8.31. The average Bonchev–Trinajstić information content (AvgIpc) is 2.66. The maximum Gasteiger partial charge on any atom is 0.349 e. The summed E-state index contributed by atoms with van der Waals surface area (Å²) >= 11 is 0. The topological polar surface area (TPSA) is 88.4 Å². The van der Waals surface area contributed by atoms with E-state index in [1.54, 1.807) is 31.2 Å². The van der Waals surface area contributed by atoms with Crippen LogP contribution in [0.1, 0.15) is 26.3 Å². The monoisotopic (exact) mass is 368 g/mol. The number of benzene rings is 2. The van der Waals surface area contributed by atoms with Crippen LogP contribution in [0.2, 0.25) is 0 Å². The van der Waals surface area contributed by atoms with Crippen molar-refractivity contribution >= 4 is 22.8 Å². The van der Waals surface area contributed by atoms with Crippen molar-refractivity contribution in [2.75, 3.05) is 13.1 Å². The van der Waals surface area contributed by atoms with E-state index in [9.17, 15) is 18.8 Å². The summed E-state index contributed by atoms with van der Waals surface area (Å²) in [7, 11) is 0. The summed E-state index contributed by atoms with van der Waals surface area (Å²) < 4.78 is 18.6. The molecule has 0 aliphatic carbocycles. The lowest BCUT2D eigenvalue weighted by molar-refractivity contribution is 0.0925. The van der Waals surface area contributed by atoms with Crippen LogP contribution >= 0.6 is 0 Å². The summed E-state index contributed by atoms with van der Waals surface area (Å²) in [6.07, 6.45) is 0. The van der Waals surface area contributed by atoms with Gasteiger partial charge in [-0.1, -0.05) is 24.3 Å². The van der Waals surface area contributed by atoms with Gasteiger partial charge < -0.3 is 15.1 Å². The maximum atomic E-state index is 13.5. The van der Waals surface area contributed by atoms with Crippen molar-refractivity contribution in [2.24, 2.45) is 0 Å². The number of fused-ring (bicyclic) bond motifs is 1. The highest BCUT2D eigenvalue weighted by Gasteiger charge is 2.13. The second kappa shape index (κ2) is 7.82. The number of amides is 2. The van der Waals surface area contributed by atoms with Crippen LogP contribution in [-0.4, -0.2) is 24.9 Å². The van der Waals surface area contributed by atoms with Crippen LogP contribution in [0.25, 0.3) is 11.0 Å². The Morgan fingerprint density at radius 2 is 1.70 bits per heavy atom. The van der Waals surface area contributed by atoms with Crippen LogP contribution in [-0.2, 0) is 0 Å². The number of halogens is 1. The minimum Gasteiger partial charge on any atom is -0.422 e. The van der Waals surface area contributed by atoms with Crippen molar-refractivity contribution < 1.29 is 18.4 Å². The third-order valence-electron chi connectivity index (χ3n) is 4.02. The third-order valence-corrected chi connectivity index (χ3v) is 4.02. The van der Waals surface area contributed by atoms with E-state index >= 15 is 0 Å². The van der Waals surface area contributed by atoms with Crippen molar-refractivity contribution in [2.45, 2.75) is 6.92 Å². The van der Waals surface area contributed by atoms with E-state index in [0.29, 0.717) is 16.5 Å². The Morgan fingerprint density at radius 1 is 1.00 bits per heavy atom. The summed E-state index contributed by atoms with van der Waals surface area (Å²) in [4.78, 5) is 36.1. The summed E-state index contributed by atoms with van der Waals surface area (Å²) in [5.74, 6) is -1.50. The lowest BCUT2D eigenvalue weighted by Crippen LogP contribution is -2.36. The van der Waals surface area contributed by atoms with Gasteiger partial charge in [-0.2, -0.15) is 0 Å². The molecule has 3 rings (SSSR count). The first-order chi connectivity index (χ1) is 13.0. The Hall–Kier alpha value is -3.48. The molecular formula is C20H17FN2O4. The molecule has 2 aromatic carbocycles. The van der Waals surface area contributed by atoms with E-state index in [2.05, 4.69) is 10.6 Å². The molecule has 0 saturated heterocycles. The zero-order chi connectivity index (χ0) is 19.4. The van der Waals surface area contributed by atoms with Crippen LogP contribution in [0.4, 0.5) is 4.39 Å². The quantitative estimate of drug-likeness (QED) is 0.535. The molecule has 0 unspecified atom stereocenters. The number of rotatable bonds is 5. The lowest BCUT2D eigenvalue weighted by Gasteiger charge is -2.08. The Labute approximate surface area is 154 Å². The number of aryl methyl sites for hydroxylation is 1. The van der Waals surface area contributed by atoms with Crippen LogP contribution in [0.5, 0.6) is 0 Å². The maximum absolute atomic E-state index is 13.5. The van der Waals surface area contributed by atoms with Gasteiger partial charge in [0.25, 0.3) is 11.8 Å². The third kappa shape index (κ3) is 4.20. The number of hydrogen-bond acceptors (Lipinski definition) is 4. The second-order valence-electron chi connectivity index (χ2n) is 5.96. The number of hydrogen-bond donors (Lipinski definition) is 2. The highest BCUT2D eigenvalue weighted by molar-refractivity contribution is 5.97. The molecule has 0 aliphatic heterocycles. The van der Waals surface area contributed by atoms with E-state index in [-0.39, 0.29) is 24.2 Å². The fraction of sp³-hybridized carbons (Fsp3) is 0.150. The Balaban J connectivity index is 1.57. The van der Waals surface area contributed by atoms with Gasteiger partial charge in [0.1, 0.15) is 17.0 Å². The normalized spacial score (nSPS) is 10.6. The van der Waals surface area contributed by atoms with E-state index in [1.165, 1.54) is 18.2 Å². The zero-order valence-corrected chi connectivity index (χ0v) is 14.5. The molecular weight excluding hydrogens is 351 g/mol. The summed E-state index contributed by atoms with van der Waals surface area (Å²) in [6, 6.07) is 12.5. The van der Waals surface area contributed by atoms with Gasteiger partial charge in [0.05, 0.1) is 0 Å². The highest BCUT2D eigenvalue weighted by Crippen LogP contribution is 2.12. The molecule has 0 fully saturated rings. The van der Waals surface area contributed by atoms with Gasteiger partial charge in [-0.15, -0.1) is 0 Å². The molecule has 2 amide bonds. The smallest absolute Gasteiger partial charge is 0.349 e. The average molecular weight is 368 g/mol. The van der Waals surface area contributed by atoms with E-state index < -0.39 is 23.3 Å². The molecule has 0 atom stereocenters. The molecule has 6 nitrogen and oxygen atoms in total. The van der Waals surface area contributed by atoms with Gasteiger partial charge in [-0.25, -0.2) is 9.18 Å². The largest absolute Gasteiger partial charge is 0.422 e. The first kappa shape index (κ1) is 18.3. The Morgan fingerprint density at radius 3 is 2.44 bits per heavy atom. The molecule has 1 aromatic heterocycles. The molecule has 27 heavy (non-hydrogen) atoms. The van der Waals surface area contributed by atoms with Crippen molar-refractivity contribution in [3.05, 3.63) is 81.5 Å². The molecule has 0 radical (unpaired) electrons. The molecule has 138 valence electrons. The number of nitrogens with one attached hydrogen (secondary N) is 2. The van der Waals surface area contributed by atoms with Crippen LogP contribution in [0, 0.1) is 12.7 Å². The van der Waals surface area contributed by atoms with E-state index in [0.717, 1.165) is 6.07 Å². The van der Waals surface area contributed by atoms with Gasteiger partial charge in [-0.3, -0.25) is 9.59 Å². The molecule has 3 aromatic rings. The van der Waals surface area contributed by atoms with Gasteiger partial charge in [-0.05, 0) is 36.8 Å². The van der Waals surface area contributed by atoms with Crippen LogP contribution in [0.3, 0.4) is 0 Å². The molecule has 1 heterocycles. The Kier molecular flexibility index (Phi) is 5.30. The highest BCUT2D eigenvalue weighted by atomic mass is 19.1. The standard InChI is InChI=1S/C20H17FN2O4/c1-12-6-7-14(11-16(12)21)18(24)22-8-9-23-19(25)15-10-13-4-2-3-5-17(13)27-20(15)26/h2-7,10-11H,8-9H2,1H3,(H,22,24)(H,23,25). The van der Waals surface area contributed by atoms with Gasteiger partial charge >= 0.3 is 5.63 Å². The second-order valence-corrected chi connectivity index (χ2v) is 5.96. The summed E-state index contributed by atoms with van der Waals surface area (Å²) in [5.41, 5.74) is 0.204. The van der Waals surface area contributed by atoms with Crippen LogP contribution in [0.15, 0.2) is 57.7 Å². The van der Waals surface area contributed by atoms with E-state index in [4.69, 9.17) is 4.42 Å². The lowest BCUT2D eigenvalue weighted by atomic mass is 10.1. The Bertz CT molecular complexity index is 1080. The fourth-order valence-electron chi connectivity index (χ4n) is 2.50. The molecule has 7 heteroatoms. The molecule has 2 N–H and O–H groups in total. The molecule has 0 saturated carbocycles. The van der Waals surface area contributed by atoms with Gasteiger partial charge in [0.2, 0.25) is 0 Å². The zero-order valence-electron chi connectivity index (χ0n) is 14.5. The van der Waals surface area contributed by atoms with Crippen molar-refractivity contribution in [3.63, 3.8) is 0 Å². The molecule has 0 spiro atoms. The van der Waals surface area contributed by atoms with Crippen molar-refractivity contribution in [1.82, 2.24) is 10.6 Å². The minimum absolute atomic E-state index is 0.102. The van der Waals surface area contributed by atoms with Crippen molar-refractivity contribution in [3.8, 4) is 0 Å². The number of para-hydroxylation sites is 1. The summed E-state index contributed by atoms with van der Waals surface area (Å²) in [6.45, 7) is 1.83. The fourth-order valence-corrected chi connectivity index (χ4v) is 2.50. The van der Waals surface area contributed by atoms with E-state index in [1.807, 2.05) is 0 Å². The van der Waals surface area contributed by atoms with Crippen molar-refractivity contribution in [1.29, 1.82) is 0 Å². The number of carbonyl (C=O) groups is 2. The minimum atomic E-state index is -0.731. The molecule has 0 bridgehead atoms. The predicted molar refractivity (Wildman–Crippen MR) is 98.3 cm³/mol. The molecule has 0 aliphatic rings. The first-order valence-electron chi connectivity index (χ1n) is 8.31. The van der Waals surface area contributed by atoms with Gasteiger partial charge in [0.15, 0.2) is 0 Å².